The molecule has 0 bridgehead atoms. The van der Waals surface area contributed by atoms with E-state index >= 15 is 0 Å². The van der Waals surface area contributed by atoms with Crippen LogP contribution in [0.4, 0.5) is 5.69 Å². The van der Waals surface area contributed by atoms with Crippen molar-refractivity contribution in [2.75, 3.05) is 37.7 Å². The number of hydrogen-bond donors (Lipinski definition) is 1. The van der Waals surface area contributed by atoms with E-state index in [9.17, 15) is 13.2 Å². The molecular weight excluding hydrogens is 398 g/mol. The molecule has 0 radical (unpaired) electrons. The van der Waals surface area contributed by atoms with Gasteiger partial charge in [0.25, 0.3) is 0 Å². The molecule has 0 saturated carbocycles. The van der Waals surface area contributed by atoms with Crippen LogP contribution in [0.3, 0.4) is 0 Å². The molecule has 0 aliphatic carbocycles. The molecule has 2 aromatic rings. The van der Waals surface area contributed by atoms with Gasteiger partial charge < -0.3 is 9.80 Å². The van der Waals surface area contributed by atoms with Crippen molar-refractivity contribution in [2.24, 2.45) is 0 Å². The highest BCUT2D eigenvalue weighted by molar-refractivity contribution is 7.92. The average molecular weight is 430 g/mol. The Morgan fingerprint density at radius 1 is 1.13 bits per heavy atom. The standard InChI is InChI=1S/C23H31N3O3S/c1-18-9-8-11-20(15-18)22(17-26-13-6-7-14-26)25(2)23(27)16-19-10-4-5-12-21(19)24-30(3,28)29/h4-5,8-12,15,22,24H,6-7,13-14,16-17H2,1-3H3. The van der Waals surface area contributed by atoms with Gasteiger partial charge in [0.15, 0.2) is 0 Å². The van der Waals surface area contributed by atoms with Gasteiger partial charge in [-0.05, 0) is 50.0 Å². The molecule has 1 fully saturated rings. The molecule has 2 aromatic carbocycles. The summed E-state index contributed by atoms with van der Waals surface area (Å²) in [6.45, 7) is 4.98. The maximum atomic E-state index is 13.2. The van der Waals surface area contributed by atoms with E-state index in [2.05, 4.69) is 34.7 Å². The Morgan fingerprint density at radius 3 is 2.50 bits per heavy atom. The number of hydrogen-bond acceptors (Lipinski definition) is 4. The smallest absolute Gasteiger partial charge is 0.229 e. The van der Waals surface area contributed by atoms with E-state index in [0.29, 0.717) is 11.3 Å². The lowest BCUT2D eigenvalue weighted by atomic mass is 10.0. The Bertz CT molecular complexity index is 985. The third-order valence-corrected chi connectivity index (χ3v) is 6.16. The van der Waals surface area contributed by atoms with Crippen molar-refractivity contribution in [1.29, 1.82) is 0 Å². The summed E-state index contributed by atoms with van der Waals surface area (Å²) in [4.78, 5) is 17.5. The second-order valence-electron chi connectivity index (χ2n) is 8.15. The molecule has 162 valence electrons. The topological polar surface area (TPSA) is 69.7 Å². The number of para-hydroxylation sites is 1. The molecule has 7 heteroatoms. The predicted molar refractivity (Wildman–Crippen MR) is 121 cm³/mol. The number of nitrogens with one attached hydrogen (secondary N) is 1. The molecule has 1 unspecified atom stereocenters. The van der Waals surface area contributed by atoms with E-state index in [0.717, 1.165) is 31.5 Å². The van der Waals surface area contributed by atoms with Gasteiger partial charge in [-0.1, -0.05) is 48.0 Å². The van der Waals surface area contributed by atoms with Crippen molar-refractivity contribution >= 4 is 21.6 Å². The fraction of sp³-hybridized carbons (Fsp3) is 0.435. The van der Waals surface area contributed by atoms with Crippen LogP contribution < -0.4 is 4.72 Å². The molecule has 0 aromatic heterocycles. The second kappa shape index (κ2) is 9.62. The number of carbonyl (C=O) groups is 1. The third kappa shape index (κ3) is 6.06. The molecule has 0 spiro atoms. The zero-order valence-corrected chi connectivity index (χ0v) is 18.8. The Balaban J connectivity index is 1.82. The Hall–Kier alpha value is -2.38. The minimum atomic E-state index is -3.42. The number of anilines is 1. The fourth-order valence-corrected chi connectivity index (χ4v) is 4.57. The molecular formula is C23H31N3O3S. The number of benzene rings is 2. The van der Waals surface area contributed by atoms with Crippen molar-refractivity contribution in [3.05, 3.63) is 65.2 Å². The zero-order chi connectivity index (χ0) is 21.7. The fourth-order valence-electron chi connectivity index (χ4n) is 3.97. The molecule has 1 amide bonds. The first-order valence-corrected chi connectivity index (χ1v) is 12.2. The molecule has 1 heterocycles. The van der Waals surface area contributed by atoms with Crippen LogP contribution >= 0.6 is 0 Å². The summed E-state index contributed by atoms with van der Waals surface area (Å²) in [5, 5.41) is 0. The SMILES string of the molecule is Cc1cccc(C(CN2CCCC2)N(C)C(=O)Cc2ccccc2NS(C)(=O)=O)c1. The lowest BCUT2D eigenvalue weighted by Gasteiger charge is -2.32. The van der Waals surface area contributed by atoms with Gasteiger partial charge in [0, 0.05) is 13.6 Å². The minimum absolute atomic E-state index is 0.0385. The quantitative estimate of drug-likeness (QED) is 0.700. The normalized spacial score (nSPS) is 15.7. The van der Waals surface area contributed by atoms with Crippen LogP contribution in [0.5, 0.6) is 0 Å². The van der Waals surface area contributed by atoms with E-state index < -0.39 is 10.0 Å². The summed E-state index contributed by atoms with van der Waals surface area (Å²) < 4.78 is 25.9. The van der Waals surface area contributed by atoms with Crippen LogP contribution in [0, 0.1) is 6.92 Å². The summed E-state index contributed by atoms with van der Waals surface area (Å²) in [6, 6.07) is 15.3. The van der Waals surface area contributed by atoms with Gasteiger partial charge in [-0.3, -0.25) is 9.52 Å². The van der Waals surface area contributed by atoms with Crippen molar-refractivity contribution in [2.45, 2.75) is 32.2 Å². The number of likely N-dealkylation sites (N-methyl/N-ethyl adjacent to an activating group) is 1. The van der Waals surface area contributed by atoms with E-state index in [1.165, 1.54) is 18.4 Å². The van der Waals surface area contributed by atoms with E-state index in [-0.39, 0.29) is 18.4 Å². The second-order valence-corrected chi connectivity index (χ2v) is 9.90. The van der Waals surface area contributed by atoms with Crippen molar-refractivity contribution in [1.82, 2.24) is 9.80 Å². The van der Waals surface area contributed by atoms with Gasteiger partial charge in [-0.15, -0.1) is 0 Å². The van der Waals surface area contributed by atoms with Gasteiger partial charge in [0.05, 0.1) is 24.4 Å². The van der Waals surface area contributed by atoms with Crippen LogP contribution in [0.1, 0.15) is 35.6 Å². The largest absolute Gasteiger partial charge is 0.337 e. The molecule has 6 nitrogen and oxygen atoms in total. The molecule has 30 heavy (non-hydrogen) atoms. The number of likely N-dealkylation sites (tertiary alicyclic amines) is 1. The lowest BCUT2D eigenvalue weighted by molar-refractivity contribution is -0.131. The lowest BCUT2D eigenvalue weighted by Crippen LogP contribution is -2.39. The van der Waals surface area contributed by atoms with Gasteiger partial charge in [0.1, 0.15) is 0 Å². The molecule has 1 saturated heterocycles. The predicted octanol–water partition coefficient (Wildman–Crippen LogP) is 3.20. The summed E-state index contributed by atoms with van der Waals surface area (Å²) >= 11 is 0. The highest BCUT2D eigenvalue weighted by atomic mass is 32.2. The number of nitrogens with zero attached hydrogens (tertiary/aromatic N) is 2. The van der Waals surface area contributed by atoms with E-state index in [4.69, 9.17) is 0 Å². The third-order valence-electron chi connectivity index (χ3n) is 5.57. The first-order chi connectivity index (χ1) is 14.2. The van der Waals surface area contributed by atoms with E-state index in [1.807, 2.05) is 24.1 Å². The van der Waals surface area contributed by atoms with Crippen molar-refractivity contribution in [3.63, 3.8) is 0 Å². The summed E-state index contributed by atoms with van der Waals surface area (Å²) in [5.41, 5.74) is 3.42. The maximum absolute atomic E-state index is 13.2. The average Bonchev–Trinajstić information content (AvgIpc) is 3.19. The van der Waals surface area contributed by atoms with Gasteiger partial charge in [-0.25, -0.2) is 8.42 Å². The number of aryl methyl sites for hydroxylation is 1. The number of sulfonamides is 1. The monoisotopic (exact) mass is 429 g/mol. The van der Waals surface area contributed by atoms with Crippen LogP contribution in [-0.2, 0) is 21.2 Å². The van der Waals surface area contributed by atoms with Gasteiger partial charge in [-0.2, -0.15) is 0 Å². The summed E-state index contributed by atoms with van der Waals surface area (Å²) in [6.07, 6.45) is 3.64. The Kier molecular flexibility index (Phi) is 7.15. The molecule has 1 aliphatic rings. The molecule has 3 rings (SSSR count). The van der Waals surface area contributed by atoms with Crippen molar-refractivity contribution in [3.8, 4) is 0 Å². The summed E-state index contributed by atoms with van der Waals surface area (Å²) in [5.74, 6) is -0.0385. The van der Waals surface area contributed by atoms with E-state index in [1.54, 1.807) is 18.2 Å². The van der Waals surface area contributed by atoms with Crippen LogP contribution in [0.25, 0.3) is 0 Å². The maximum Gasteiger partial charge on any atom is 0.229 e. The Morgan fingerprint density at radius 2 is 1.83 bits per heavy atom. The van der Waals surface area contributed by atoms with Gasteiger partial charge >= 0.3 is 0 Å². The Labute approximate surface area is 179 Å². The number of carbonyl (C=O) groups excluding carboxylic acids is 1. The zero-order valence-electron chi connectivity index (χ0n) is 18.0. The van der Waals surface area contributed by atoms with Gasteiger partial charge in [0.2, 0.25) is 15.9 Å². The molecule has 1 N–H and O–H groups in total. The molecule has 1 atom stereocenters. The minimum Gasteiger partial charge on any atom is -0.337 e. The highest BCUT2D eigenvalue weighted by Crippen LogP contribution is 2.25. The number of rotatable bonds is 8. The summed E-state index contributed by atoms with van der Waals surface area (Å²) in [7, 11) is -1.57. The highest BCUT2D eigenvalue weighted by Gasteiger charge is 2.26. The first kappa shape index (κ1) is 22.3. The molecule has 1 aliphatic heterocycles. The van der Waals surface area contributed by atoms with Crippen LogP contribution in [0.15, 0.2) is 48.5 Å². The van der Waals surface area contributed by atoms with Crippen molar-refractivity contribution < 1.29 is 13.2 Å². The van der Waals surface area contributed by atoms with Crippen LogP contribution in [-0.4, -0.2) is 57.1 Å². The first-order valence-electron chi connectivity index (χ1n) is 10.3. The van der Waals surface area contributed by atoms with Crippen LogP contribution in [0.2, 0.25) is 0 Å². The number of amides is 1.